The highest BCUT2D eigenvalue weighted by molar-refractivity contribution is 6.10. The molecule has 0 aliphatic heterocycles. The van der Waals surface area contributed by atoms with E-state index in [2.05, 4.69) is 15.1 Å². The second-order valence-electron chi connectivity index (χ2n) is 8.31. The molecule has 0 spiro atoms. The number of carbonyl (C=O) groups excluding carboxylic acids is 1. The third-order valence-corrected chi connectivity index (χ3v) is 5.55. The average Bonchev–Trinajstić information content (AvgIpc) is 3.35. The van der Waals surface area contributed by atoms with Crippen molar-refractivity contribution in [1.82, 2.24) is 29.0 Å². The molecule has 8 nitrogen and oxygen atoms in total. The molecule has 0 fully saturated rings. The summed E-state index contributed by atoms with van der Waals surface area (Å²) < 4.78 is 46.4. The largest absolute Gasteiger partial charge is 0.383 e. The molecule has 34 heavy (non-hydrogen) atoms. The molecule has 2 N–H and O–H groups in total. The molecule has 0 radical (unpaired) electrons. The summed E-state index contributed by atoms with van der Waals surface area (Å²) in [6.45, 7) is -0.416. The molecular weight excluding hydrogens is 447 g/mol. The number of rotatable bonds is 5. The fourth-order valence-electron chi connectivity index (χ4n) is 4.11. The zero-order chi connectivity index (χ0) is 24.2. The summed E-state index contributed by atoms with van der Waals surface area (Å²) in [4.78, 5) is 22.9. The number of aromatic nitrogens is 5. The molecule has 5 aromatic rings. The van der Waals surface area contributed by atoms with E-state index in [1.54, 1.807) is 42.0 Å². The molecule has 0 aliphatic rings. The number of pyridine rings is 2. The van der Waals surface area contributed by atoms with Crippen molar-refractivity contribution in [3.05, 3.63) is 66.0 Å². The maximum Gasteiger partial charge on any atom is 0.262 e. The number of imidazole rings is 1. The van der Waals surface area contributed by atoms with Gasteiger partial charge in [0, 0.05) is 37.8 Å². The zero-order valence-corrected chi connectivity index (χ0v) is 18.3. The number of aryl methyl sites for hydroxylation is 1. The van der Waals surface area contributed by atoms with Gasteiger partial charge < -0.3 is 15.0 Å². The van der Waals surface area contributed by atoms with Crippen molar-refractivity contribution in [2.24, 2.45) is 7.05 Å². The van der Waals surface area contributed by atoms with Crippen molar-refractivity contribution < 1.29 is 18.0 Å². The summed E-state index contributed by atoms with van der Waals surface area (Å²) in [7, 11) is 1.68. The molecule has 1 amide bonds. The Morgan fingerprint density at radius 2 is 2.00 bits per heavy atom. The molecule has 0 saturated carbocycles. The summed E-state index contributed by atoms with van der Waals surface area (Å²) in [6, 6.07) is 7.74. The molecule has 4 aromatic heterocycles. The predicted octanol–water partition coefficient (Wildman–Crippen LogP) is 3.79. The fourth-order valence-corrected chi connectivity index (χ4v) is 4.11. The van der Waals surface area contributed by atoms with Crippen molar-refractivity contribution in [1.29, 1.82) is 0 Å². The van der Waals surface area contributed by atoms with Gasteiger partial charge in [-0.3, -0.25) is 9.48 Å². The van der Waals surface area contributed by atoms with E-state index in [9.17, 15) is 13.6 Å². The topological polar surface area (TPSA) is 94.3 Å². The Hall–Kier alpha value is -4.15. The first-order valence-corrected chi connectivity index (χ1v) is 10.4. The Morgan fingerprint density at radius 1 is 1.21 bits per heavy atom. The normalized spacial score (nSPS) is 12.1. The van der Waals surface area contributed by atoms with Crippen molar-refractivity contribution in [2.75, 3.05) is 12.3 Å². The maximum absolute atomic E-state index is 15.1. The van der Waals surface area contributed by atoms with E-state index >= 15 is 4.39 Å². The molecule has 0 unspecified atom stereocenters. The molecule has 1 aromatic carbocycles. The lowest BCUT2D eigenvalue weighted by Gasteiger charge is -2.25. The average molecular weight is 467 g/mol. The minimum absolute atomic E-state index is 0.174. The lowest BCUT2D eigenvalue weighted by Crippen LogP contribution is -2.39. The SMILES string of the molecule is Cn1ncc2c(N)nc3cc(F)c(C(=O)N(Cc4cn5ccccc5n4)CC(C)(F)F)cc3c21. The Kier molecular flexibility index (Phi) is 4.92. The highest BCUT2D eigenvalue weighted by Gasteiger charge is 2.31. The molecule has 0 saturated heterocycles. The van der Waals surface area contributed by atoms with E-state index < -0.39 is 24.2 Å². The van der Waals surface area contributed by atoms with Gasteiger partial charge >= 0.3 is 0 Å². The van der Waals surface area contributed by atoms with Gasteiger partial charge in [0.05, 0.1) is 47.0 Å². The first kappa shape index (κ1) is 21.7. The van der Waals surface area contributed by atoms with Gasteiger partial charge in [-0.15, -0.1) is 0 Å². The van der Waals surface area contributed by atoms with E-state index in [1.165, 1.54) is 16.9 Å². The van der Waals surface area contributed by atoms with E-state index in [1.807, 2.05) is 0 Å². The van der Waals surface area contributed by atoms with Crippen LogP contribution in [0, 0.1) is 5.82 Å². The number of nitrogen functional groups attached to an aromatic ring is 1. The van der Waals surface area contributed by atoms with Crippen LogP contribution in [-0.2, 0) is 13.6 Å². The molecule has 0 atom stereocenters. The number of nitrogens with two attached hydrogens (primary N) is 1. The van der Waals surface area contributed by atoms with E-state index in [-0.39, 0.29) is 23.4 Å². The molecule has 174 valence electrons. The third-order valence-electron chi connectivity index (χ3n) is 5.55. The van der Waals surface area contributed by atoms with Crippen LogP contribution in [0.15, 0.2) is 48.9 Å². The number of nitrogens with zero attached hydrogens (tertiary/aromatic N) is 6. The number of fused-ring (bicyclic) bond motifs is 4. The smallest absolute Gasteiger partial charge is 0.262 e. The summed E-state index contributed by atoms with van der Waals surface area (Å²) in [6.07, 6.45) is 4.93. The van der Waals surface area contributed by atoms with Crippen LogP contribution >= 0.6 is 0 Å². The zero-order valence-electron chi connectivity index (χ0n) is 18.3. The van der Waals surface area contributed by atoms with Crippen LogP contribution in [0.1, 0.15) is 23.0 Å². The Bertz CT molecular complexity index is 1540. The van der Waals surface area contributed by atoms with Gasteiger partial charge in [0.2, 0.25) is 0 Å². The molecule has 5 rings (SSSR count). The Balaban J connectivity index is 1.60. The number of halogens is 3. The van der Waals surface area contributed by atoms with Crippen molar-refractivity contribution in [3.8, 4) is 0 Å². The molecule has 4 heterocycles. The standard InChI is InChI=1S/C23H20F3N7O/c1-23(25,26)12-33(11-13-10-32-6-4-3-5-19(32)29-13)22(34)14-7-15-18(8-17(14)24)30-21(27)16-9-28-31(2)20(15)16/h3-10H,11-12H2,1-2H3,(H2,27,30). The number of hydrogen-bond donors (Lipinski definition) is 1. The van der Waals surface area contributed by atoms with E-state index in [4.69, 9.17) is 5.73 Å². The number of carbonyl (C=O) groups is 1. The summed E-state index contributed by atoms with van der Waals surface area (Å²) in [5.41, 5.74) is 7.40. The highest BCUT2D eigenvalue weighted by atomic mass is 19.3. The summed E-state index contributed by atoms with van der Waals surface area (Å²) in [5.74, 6) is -4.79. The molecular formula is C23H20F3N7O. The predicted molar refractivity (Wildman–Crippen MR) is 121 cm³/mol. The van der Waals surface area contributed by atoms with Crippen LogP contribution in [0.4, 0.5) is 19.0 Å². The van der Waals surface area contributed by atoms with E-state index in [0.717, 1.165) is 11.0 Å². The second-order valence-corrected chi connectivity index (χ2v) is 8.31. The number of amides is 1. The Labute approximate surface area is 191 Å². The summed E-state index contributed by atoms with van der Waals surface area (Å²) in [5, 5.41) is 5.14. The lowest BCUT2D eigenvalue weighted by atomic mass is 10.1. The monoisotopic (exact) mass is 467 g/mol. The second kappa shape index (κ2) is 7.72. The van der Waals surface area contributed by atoms with Crippen molar-refractivity contribution >= 4 is 39.2 Å². The lowest BCUT2D eigenvalue weighted by molar-refractivity contribution is -0.0131. The molecule has 0 bridgehead atoms. The van der Waals surface area contributed by atoms with Gasteiger partial charge in [-0.05, 0) is 18.2 Å². The van der Waals surface area contributed by atoms with E-state index in [0.29, 0.717) is 34.6 Å². The van der Waals surface area contributed by atoms with Gasteiger partial charge in [0.15, 0.2) is 0 Å². The van der Waals surface area contributed by atoms with Crippen molar-refractivity contribution in [3.63, 3.8) is 0 Å². The first-order valence-electron chi connectivity index (χ1n) is 10.4. The van der Waals surface area contributed by atoms with Crippen LogP contribution in [0.25, 0.3) is 27.5 Å². The highest BCUT2D eigenvalue weighted by Crippen LogP contribution is 2.30. The van der Waals surface area contributed by atoms with Gasteiger partial charge in [-0.25, -0.2) is 23.1 Å². The minimum Gasteiger partial charge on any atom is -0.383 e. The Morgan fingerprint density at radius 3 is 2.74 bits per heavy atom. The minimum atomic E-state index is -3.20. The number of anilines is 1. The van der Waals surface area contributed by atoms with Gasteiger partial charge in [0.25, 0.3) is 11.8 Å². The number of alkyl halides is 2. The quantitative estimate of drug-likeness (QED) is 0.425. The van der Waals surface area contributed by atoms with Gasteiger partial charge in [-0.2, -0.15) is 5.10 Å². The van der Waals surface area contributed by atoms with Crippen LogP contribution in [0.5, 0.6) is 0 Å². The maximum atomic E-state index is 15.1. The van der Waals surface area contributed by atoms with Gasteiger partial charge in [0.1, 0.15) is 17.3 Å². The van der Waals surface area contributed by atoms with Gasteiger partial charge in [-0.1, -0.05) is 6.07 Å². The third kappa shape index (κ3) is 3.78. The first-order chi connectivity index (χ1) is 16.1. The number of benzene rings is 1. The van der Waals surface area contributed by atoms with Crippen LogP contribution in [-0.4, -0.2) is 47.4 Å². The number of hydrogen-bond acceptors (Lipinski definition) is 5. The van der Waals surface area contributed by atoms with Crippen LogP contribution in [0.3, 0.4) is 0 Å². The fraction of sp³-hybridized carbons (Fsp3) is 0.217. The van der Waals surface area contributed by atoms with Crippen molar-refractivity contribution in [2.45, 2.75) is 19.4 Å². The molecule has 11 heteroatoms. The molecule has 0 aliphatic carbocycles. The summed E-state index contributed by atoms with van der Waals surface area (Å²) >= 11 is 0. The van der Waals surface area contributed by atoms with Crippen LogP contribution in [0.2, 0.25) is 0 Å². The van der Waals surface area contributed by atoms with Crippen LogP contribution < -0.4 is 5.73 Å².